The number of piperidine rings is 2. The third-order valence-corrected chi connectivity index (χ3v) is 5.91. The molecule has 154 valence electrons. The second kappa shape index (κ2) is 9.92. The van der Waals surface area contributed by atoms with Gasteiger partial charge in [-0.15, -0.1) is 0 Å². The summed E-state index contributed by atoms with van der Waals surface area (Å²) in [6.07, 6.45) is 5.60. The lowest BCUT2D eigenvalue weighted by Gasteiger charge is -2.38. The van der Waals surface area contributed by atoms with E-state index >= 15 is 0 Å². The molecule has 28 heavy (non-hydrogen) atoms. The molecular formula is C22H33N3O3. The summed E-state index contributed by atoms with van der Waals surface area (Å²) >= 11 is 0. The van der Waals surface area contributed by atoms with Crippen LogP contribution in [0.25, 0.3) is 0 Å². The molecule has 0 aliphatic carbocycles. The molecule has 3 unspecified atom stereocenters. The zero-order valence-electron chi connectivity index (χ0n) is 17.1. The maximum Gasteiger partial charge on any atom is 0.260 e. The standard InChI is InChI=1S/C22H33N3O3/c1-16-5-3-6-17(2)25(16)21(26)15-28-20-10-8-19(9-11-20)22(27)24-14-18-7-4-12-23-13-18/h8-11,16-18,23H,3-7,12-15H2,1-2H3,(H,24,27). The lowest BCUT2D eigenvalue weighted by atomic mass is 9.97. The Balaban J connectivity index is 1.45. The third kappa shape index (κ3) is 5.47. The van der Waals surface area contributed by atoms with Crippen LogP contribution >= 0.6 is 0 Å². The van der Waals surface area contributed by atoms with Gasteiger partial charge in [-0.05, 0) is 89.2 Å². The maximum absolute atomic E-state index is 12.5. The van der Waals surface area contributed by atoms with Gasteiger partial charge in [0.05, 0.1) is 0 Å². The van der Waals surface area contributed by atoms with Crippen molar-refractivity contribution in [1.29, 1.82) is 0 Å². The van der Waals surface area contributed by atoms with Gasteiger partial charge in [-0.1, -0.05) is 0 Å². The summed E-state index contributed by atoms with van der Waals surface area (Å²) in [5, 5.41) is 6.37. The van der Waals surface area contributed by atoms with Crippen LogP contribution in [0, 0.1) is 5.92 Å². The Labute approximate surface area is 168 Å². The van der Waals surface area contributed by atoms with Crippen LogP contribution in [0.5, 0.6) is 5.75 Å². The number of amides is 2. The van der Waals surface area contributed by atoms with E-state index in [1.54, 1.807) is 24.3 Å². The number of nitrogens with zero attached hydrogens (tertiary/aromatic N) is 1. The Hall–Kier alpha value is -2.08. The van der Waals surface area contributed by atoms with Crippen molar-refractivity contribution in [1.82, 2.24) is 15.5 Å². The summed E-state index contributed by atoms with van der Waals surface area (Å²) in [7, 11) is 0. The minimum Gasteiger partial charge on any atom is -0.484 e. The van der Waals surface area contributed by atoms with Crippen LogP contribution in [-0.4, -0.2) is 55.0 Å². The molecule has 2 aliphatic rings. The molecule has 0 saturated carbocycles. The molecule has 2 N–H and O–H groups in total. The molecule has 2 aliphatic heterocycles. The normalized spacial score (nSPS) is 25.2. The molecule has 6 heteroatoms. The number of carbonyl (C=O) groups is 2. The maximum atomic E-state index is 12.5. The van der Waals surface area contributed by atoms with E-state index in [1.807, 2.05) is 4.90 Å². The van der Waals surface area contributed by atoms with E-state index in [2.05, 4.69) is 24.5 Å². The van der Waals surface area contributed by atoms with E-state index in [4.69, 9.17) is 4.74 Å². The van der Waals surface area contributed by atoms with Crippen molar-refractivity contribution in [3.63, 3.8) is 0 Å². The molecule has 3 atom stereocenters. The topological polar surface area (TPSA) is 70.7 Å². The largest absolute Gasteiger partial charge is 0.484 e. The average molecular weight is 388 g/mol. The fraction of sp³-hybridized carbons (Fsp3) is 0.636. The Morgan fingerprint density at radius 2 is 1.82 bits per heavy atom. The number of carbonyl (C=O) groups excluding carboxylic acids is 2. The first-order valence-corrected chi connectivity index (χ1v) is 10.6. The Morgan fingerprint density at radius 3 is 2.46 bits per heavy atom. The van der Waals surface area contributed by atoms with E-state index in [1.165, 1.54) is 12.8 Å². The molecular weight excluding hydrogens is 354 g/mol. The van der Waals surface area contributed by atoms with Gasteiger partial charge in [0.2, 0.25) is 0 Å². The average Bonchev–Trinajstić information content (AvgIpc) is 2.71. The molecule has 2 saturated heterocycles. The molecule has 2 heterocycles. The van der Waals surface area contributed by atoms with Gasteiger partial charge in [0.15, 0.2) is 6.61 Å². The van der Waals surface area contributed by atoms with Crippen LogP contribution in [0.1, 0.15) is 56.3 Å². The van der Waals surface area contributed by atoms with Crippen LogP contribution in [-0.2, 0) is 4.79 Å². The van der Waals surface area contributed by atoms with E-state index in [-0.39, 0.29) is 30.5 Å². The Kier molecular flexibility index (Phi) is 7.31. The smallest absolute Gasteiger partial charge is 0.260 e. The minimum atomic E-state index is -0.0656. The number of nitrogens with one attached hydrogen (secondary N) is 2. The fourth-order valence-corrected chi connectivity index (χ4v) is 4.27. The van der Waals surface area contributed by atoms with Crippen molar-refractivity contribution in [2.45, 2.75) is 58.0 Å². The van der Waals surface area contributed by atoms with E-state index < -0.39 is 0 Å². The SMILES string of the molecule is CC1CCCC(C)N1C(=O)COc1ccc(C(=O)NCC2CCCNC2)cc1. The molecule has 0 bridgehead atoms. The van der Waals surface area contributed by atoms with Crippen LogP contribution in [0.15, 0.2) is 24.3 Å². The minimum absolute atomic E-state index is 0.0302. The van der Waals surface area contributed by atoms with Crippen LogP contribution in [0.4, 0.5) is 0 Å². The van der Waals surface area contributed by atoms with Crippen molar-refractivity contribution in [2.75, 3.05) is 26.2 Å². The highest BCUT2D eigenvalue weighted by Gasteiger charge is 2.29. The quantitative estimate of drug-likeness (QED) is 0.787. The molecule has 1 aromatic carbocycles. The number of likely N-dealkylation sites (tertiary alicyclic amines) is 1. The van der Waals surface area contributed by atoms with Crippen LogP contribution < -0.4 is 15.4 Å². The molecule has 0 aromatic heterocycles. The molecule has 3 rings (SSSR count). The first-order chi connectivity index (χ1) is 13.5. The molecule has 2 fully saturated rings. The van der Waals surface area contributed by atoms with Gasteiger partial charge in [0.1, 0.15) is 5.75 Å². The van der Waals surface area contributed by atoms with Gasteiger partial charge >= 0.3 is 0 Å². The predicted octanol–water partition coefficient (Wildman–Crippen LogP) is 2.58. The van der Waals surface area contributed by atoms with Gasteiger partial charge < -0.3 is 20.3 Å². The zero-order valence-corrected chi connectivity index (χ0v) is 17.1. The van der Waals surface area contributed by atoms with Gasteiger partial charge in [0.25, 0.3) is 11.8 Å². The first kappa shape index (κ1) is 20.6. The molecule has 0 radical (unpaired) electrons. The number of hydrogen-bond donors (Lipinski definition) is 2. The third-order valence-electron chi connectivity index (χ3n) is 5.91. The highest BCUT2D eigenvalue weighted by atomic mass is 16.5. The van der Waals surface area contributed by atoms with Gasteiger partial charge in [0, 0.05) is 24.2 Å². The number of ether oxygens (including phenoxy) is 1. The second-order valence-corrected chi connectivity index (χ2v) is 8.17. The lowest BCUT2D eigenvalue weighted by molar-refractivity contribution is -0.139. The van der Waals surface area contributed by atoms with Gasteiger partial charge in [-0.25, -0.2) is 0 Å². The van der Waals surface area contributed by atoms with Crippen molar-refractivity contribution >= 4 is 11.8 Å². The summed E-state index contributed by atoms with van der Waals surface area (Å²) < 4.78 is 5.68. The predicted molar refractivity (Wildman–Crippen MR) is 109 cm³/mol. The van der Waals surface area contributed by atoms with Gasteiger partial charge in [-0.3, -0.25) is 9.59 Å². The fourth-order valence-electron chi connectivity index (χ4n) is 4.27. The lowest BCUT2D eigenvalue weighted by Crippen LogP contribution is -2.49. The van der Waals surface area contributed by atoms with Crippen LogP contribution in [0.3, 0.4) is 0 Å². The van der Waals surface area contributed by atoms with Crippen LogP contribution in [0.2, 0.25) is 0 Å². The van der Waals surface area contributed by atoms with Gasteiger partial charge in [-0.2, -0.15) is 0 Å². The van der Waals surface area contributed by atoms with E-state index in [0.717, 1.165) is 32.4 Å². The molecule has 2 amide bonds. The summed E-state index contributed by atoms with van der Waals surface area (Å²) in [4.78, 5) is 26.8. The summed E-state index contributed by atoms with van der Waals surface area (Å²) in [5.74, 6) is 1.08. The summed E-state index contributed by atoms with van der Waals surface area (Å²) in [5.41, 5.74) is 0.612. The van der Waals surface area contributed by atoms with Crippen molar-refractivity contribution in [3.8, 4) is 5.75 Å². The van der Waals surface area contributed by atoms with E-state index in [9.17, 15) is 9.59 Å². The molecule has 6 nitrogen and oxygen atoms in total. The summed E-state index contributed by atoms with van der Waals surface area (Å²) in [6.45, 7) is 6.98. The Morgan fingerprint density at radius 1 is 1.11 bits per heavy atom. The monoisotopic (exact) mass is 387 g/mol. The molecule has 1 aromatic rings. The summed E-state index contributed by atoms with van der Waals surface area (Å²) in [6, 6.07) is 7.55. The molecule has 0 spiro atoms. The zero-order chi connectivity index (χ0) is 19.9. The van der Waals surface area contributed by atoms with Crippen molar-refractivity contribution in [3.05, 3.63) is 29.8 Å². The first-order valence-electron chi connectivity index (χ1n) is 10.6. The Bertz CT molecular complexity index is 645. The second-order valence-electron chi connectivity index (χ2n) is 8.17. The number of benzene rings is 1. The van der Waals surface area contributed by atoms with Crippen molar-refractivity contribution < 1.29 is 14.3 Å². The van der Waals surface area contributed by atoms with E-state index in [0.29, 0.717) is 23.8 Å². The highest BCUT2D eigenvalue weighted by Crippen LogP contribution is 2.23. The highest BCUT2D eigenvalue weighted by molar-refractivity contribution is 5.94. The number of hydrogen-bond acceptors (Lipinski definition) is 4. The van der Waals surface area contributed by atoms with Crippen molar-refractivity contribution in [2.24, 2.45) is 5.92 Å². The number of rotatable bonds is 6.